The minimum absolute atomic E-state index is 0.429. The van der Waals surface area contributed by atoms with Crippen molar-refractivity contribution in [3.63, 3.8) is 0 Å². The van der Waals surface area contributed by atoms with Gasteiger partial charge in [-0.25, -0.2) is 4.98 Å². The quantitative estimate of drug-likeness (QED) is 0.765. The number of benzene rings is 1. The second-order valence-corrected chi connectivity index (χ2v) is 4.76. The van der Waals surface area contributed by atoms with Crippen molar-refractivity contribution in [3.8, 4) is 5.82 Å². The molecule has 0 fully saturated rings. The molecule has 2 aromatic heterocycles. The largest absolute Gasteiger partial charge is 0.365 e. The SMILES string of the molecule is Cc1nn(C)c(-n2c(C)nc3ccccc32)c1C(N)=O. The van der Waals surface area contributed by atoms with Crippen LogP contribution in [0.5, 0.6) is 0 Å². The minimum Gasteiger partial charge on any atom is -0.365 e. The number of nitrogens with two attached hydrogens (primary N) is 1. The first-order valence-electron chi connectivity index (χ1n) is 6.28. The Morgan fingerprint density at radius 1 is 1.25 bits per heavy atom. The van der Waals surface area contributed by atoms with E-state index in [0.29, 0.717) is 17.1 Å². The van der Waals surface area contributed by atoms with Crippen molar-refractivity contribution >= 4 is 16.9 Å². The van der Waals surface area contributed by atoms with E-state index in [9.17, 15) is 4.79 Å². The molecule has 0 bridgehead atoms. The summed E-state index contributed by atoms with van der Waals surface area (Å²) in [5, 5.41) is 4.30. The smallest absolute Gasteiger partial charge is 0.254 e. The van der Waals surface area contributed by atoms with Gasteiger partial charge in [0.1, 0.15) is 17.2 Å². The molecule has 0 saturated carbocycles. The van der Waals surface area contributed by atoms with Crippen LogP contribution in [0.4, 0.5) is 0 Å². The van der Waals surface area contributed by atoms with Gasteiger partial charge in [0, 0.05) is 7.05 Å². The highest BCUT2D eigenvalue weighted by Crippen LogP contribution is 2.24. The van der Waals surface area contributed by atoms with E-state index in [-0.39, 0.29) is 0 Å². The summed E-state index contributed by atoms with van der Waals surface area (Å²) in [6.45, 7) is 3.67. The van der Waals surface area contributed by atoms with Crippen molar-refractivity contribution < 1.29 is 4.79 Å². The standard InChI is InChI=1S/C14H15N5O/c1-8-12(13(15)20)14(18(3)17-8)19-9(2)16-10-6-4-5-7-11(10)19/h4-7H,1-3H3,(H2,15,20). The van der Waals surface area contributed by atoms with Gasteiger partial charge in [-0.2, -0.15) is 5.10 Å². The van der Waals surface area contributed by atoms with Crippen LogP contribution in [0.25, 0.3) is 16.9 Å². The fourth-order valence-electron chi connectivity index (χ4n) is 2.60. The molecular weight excluding hydrogens is 254 g/mol. The van der Waals surface area contributed by atoms with E-state index >= 15 is 0 Å². The van der Waals surface area contributed by atoms with Crippen LogP contribution in [-0.2, 0) is 7.05 Å². The molecule has 0 aliphatic heterocycles. The number of carbonyl (C=O) groups excluding carboxylic acids is 1. The molecule has 3 rings (SSSR count). The summed E-state index contributed by atoms with van der Waals surface area (Å²) in [4.78, 5) is 16.2. The third kappa shape index (κ3) is 1.61. The molecular formula is C14H15N5O. The number of para-hydroxylation sites is 2. The molecule has 6 heteroatoms. The molecule has 2 N–H and O–H groups in total. The number of hydrogen-bond acceptors (Lipinski definition) is 3. The number of fused-ring (bicyclic) bond motifs is 1. The van der Waals surface area contributed by atoms with Gasteiger partial charge in [-0.15, -0.1) is 0 Å². The Kier molecular flexibility index (Phi) is 2.60. The number of rotatable bonds is 2. The number of amides is 1. The van der Waals surface area contributed by atoms with Crippen molar-refractivity contribution in [3.05, 3.63) is 41.3 Å². The summed E-state index contributed by atoms with van der Waals surface area (Å²) in [5.41, 5.74) is 8.35. The lowest BCUT2D eigenvalue weighted by molar-refractivity contribution is 0.0999. The number of carbonyl (C=O) groups is 1. The Morgan fingerprint density at radius 3 is 2.65 bits per heavy atom. The van der Waals surface area contributed by atoms with Gasteiger partial charge in [-0.05, 0) is 26.0 Å². The van der Waals surface area contributed by atoms with Gasteiger partial charge in [0.15, 0.2) is 0 Å². The Hall–Kier alpha value is -2.63. The Labute approximate surface area is 115 Å². The van der Waals surface area contributed by atoms with E-state index in [2.05, 4.69) is 10.1 Å². The van der Waals surface area contributed by atoms with Crippen molar-refractivity contribution in [1.29, 1.82) is 0 Å². The van der Waals surface area contributed by atoms with Crippen LogP contribution in [-0.4, -0.2) is 25.2 Å². The first-order valence-corrected chi connectivity index (χ1v) is 6.28. The predicted molar refractivity (Wildman–Crippen MR) is 75.8 cm³/mol. The zero-order valence-corrected chi connectivity index (χ0v) is 11.6. The van der Waals surface area contributed by atoms with E-state index in [1.165, 1.54) is 0 Å². The zero-order valence-electron chi connectivity index (χ0n) is 11.6. The van der Waals surface area contributed by atoms with Gasteiger partial charge in [-0.1, -0.05) is 12.1 Å². The maximum absolute atomic E-state index is 11.7. The molecule has 6 nitrogen and oxygen atoms in total. The second kappa shape index (κ2) is 4.19. The third-order valence-corrected chi connectivity index (χ3v) is 3.38. The van der Waals surface area contributed by atoms with Crippen LogP contribution < -0.4 is 5.73 Å². The summed E-state index contributed by atoms with van der Waals surface area (Å²) in [5.74, 6) is 0.959. The summed E-state index contributed by atoms with van der Waals surface area (Å²) < 4.78 is 3.58. The first kappa shape index (κ1) is 12.4. The molecule has 102 valence electrons. The Morgan fingerprint density at radius 2 is 1.95 bits per heavy atom. The van der Waals surface area contributed by atoms with Crippen molar-refractivity contribution in [2.75, 3.05) is 0 Å². The number of nitrogens with zero attached hydrogens (tertiary/aromatic N) is 4. The third-order valence-electron chi connectivity index (χ3n) is 3.38. The minimum atomic E-state index is -0.484. The molecule has 1 aromatic carbocycles. The molecule has 0 unspecified atom stereocenters. The highest BCUT2D eigenvalue weighted by atomic mass is 16.1. The summed E-state index contributed by atoms with van der Waals surface area (Å²) in [6, 6.07) is 7.77. The Bertz CT molecular complexity index is 828. The lowest BCUT2D eigenvalue weighted by Gasteiger charge is -2.09. The molecule has 0 aliphatic carbocycles. The van der Waals surface area contributed by atoms with Gasteiger partial charge >= 0.3 is 0 Å². The number of primary amides is 1. The first-order chi connectivity index (χ1) is 9.50. The van der Waals surface area contributed by atoms with E-state index in [4.69, 9.17) is 5.73 Å². The van der Waals surface area contributed by atoms with E-state index in [1.54, 1.807) is 18.7 Å². The molecule has 0 radical (unpaired) electrons. The van der Waals surface area contributed by atoms with Crippen LogP contribution in [0.2, 0.25) is 0 Å². The topological polar surface area (TPSA) is 78.7 Å². The molecule has 2 heterocycles. The lowest BCUT2D eigenvalue weighted by Crippen LogP contribution is -2.16. The fourth-order valence-corrected chi connectivity index (χ4v) is 2.60. The molecule has 0 spiro atoms. The van der Waals surface area contributed by atoms with Crippen LogP contribution in [0.1, 0.15) is 21.9 Å². The van der Waals surface area contributed by atoms with E-state index in [1.807, 2.05) is 35.8 Å². The average Bonchev–Trinajstić information content (AvgIpc) is 2.84. The van der Waals surface area contributed by atoms with Gasteiger partial charge in [0.2, 0.25) is 0 Å². The molecule has 1 amide bonds. The maximum Gasteiger partial charge on any atom is 0.254 e. The summed E-state index contributed by atoms with van der Waals surface area (Å²) in [7, 11) is 1.79. The van der Waals surface area contributed by atoms with Crippen LogP contribution in [0.15, 0.2) is 24.3 Å². The Balaban J connectivity index is 2.43. The van der Waals surface area contributed by atoms with Gasteiger partial charge in [-0.3, -0.25) is 14.0 Å². The van der Waals surface area contributed by atoms with Crippen LogP contribution in [0, 0.1) is 13.8 Å². The number of hydrogen-bond donors (Lipinski definition) is 1. The van der Waals surface area contributed by atoms with Gasteiger partial charge in [0.25, 0.3) is 5.91 Å². The van der Waals surface area contributed by atoms with Crippen LogP contribution >= 0.6 is 0 Å². The molecule has 0 atom stereocenters. The number of aryl methyl sites for hydroxylation is 3. The number of imidazole rings is 1. The van der Waals surface area contributed by atoms with Crippen LogP contribution in [0.3, 0.4) is 0 Å². The van der Waals surface area contributed by atoms with Gasteiger partial charge < -0.3 is 5.73 Å². The fraction of sp³-hybridized carbons (Fsp3) is 0.214. The molecule has 0 aliphatic rings. The monoisotopic (exact) mass is 269 g/mol. The highest BCUT2D eigenvalue weighted by Gasteiger charge is 2.22. The lowest BCUT2D eigenvalue weighted by atomic mass is 10.2. The highest BCUT2D eigenvalue weighted by molar-refractivity contribution is 5.98. The molecule has 20 heavy (non-hydrogen) atoms. The average molecular weight is 269 g/mol. The predicted octanol–water partition coefficient (Wildman–Crippen LogP) is 1.47. The van der Waals surface area contributed by atoms with E-state index in [0.717, 1.165) is 16.9 Å². The van der Waals surface area contributed by atoms with E-state index < -0.39 is 5.91 Å². The number of aromatic nitrogens is 4. The van der Waals surface area contributed by atoms with Crippen molar-refractivity contribution in [2.45, 2.75) is 13.8 Å². The normalized spacial score (nSPS) is 11.2. The molecule has 3 aromatic rings. The van der Waals surface area contributed by atoms with Crippen molar-refractivity contribution in [1.82, 2.24) is 19.3 Å². The zero-order chi connectivity index (χ0) is 14.4. The summed E-state index contributed by atoms with van der Waals surface area (Å²) >= 11 is 0. The maximum atomic E-state index is 11.7. The van der Waals surface area contributed by atoms with Gasteiger partial charge in [0.05, 0.1) is 16.7 Å². The second-order valence-electron chi connectivity index (χ2n) is 4.76. The summed E-state index contributed by atoms with van der Waals surface area (Å²) in [6.07, 6.45) is 0. The molecule has 0 saturated heterocycles. The van der Waals surface area contributed by atoms with Crippen molar-refractivity contribution in [2.24, 2.45) is 12.8 Å².